The fourth-order valence-electron chi connectivity index (χ4n) is 0. The van der Waals surface area contributed by atoms with Gasteiger partial charge in [-0.25, -0.2) is 0 Å². The first-order valence-electron chi connectivity index (χ1n) is 1.58. The lowest BCUT2D eigenvalue weighted by molar-refractivity contribution is -0.134. The third-order valence-corrected chi connectivity index (χ3v) is 0. The molecule has 0 aromatic rings. The Morgan fingerprint density at radius 2 is 1.44 bits per heavy atom. The number of halogens is 3. The minimum absolute atomic E-state index is 0. The molecule has 0 aliphatic rings. The van der Waals surface area contributed by atoms with Gasteiger partial charge in [-0.05, 0) is 0 Å². The highest BCUT2D eigenvalue weighted by Gasteiger charge is 1.78. The van der Waals surface area contributed by atoms with Crippen LogP contribution in [0.1, 0.15) is 6.92 Å². The molecule has 0 aliphatic carbocycles. The van der Waals surface area contributed by atoms with Crippen LogP contribution in [0.3, 0.4) is 0 Å². The zero-order valence-corrected chi connectivity index (χ0v) is 6.83. The summed E-state index contributed by atoms with van der Waals surface area (Å²) in [5.74, 6) is -0.833. The smallest absolute Gasteiger partial charge is 0.300 e. The number of aliphatic carboxylic acids is 1. The number of alkyl halides is 3. The summed E-state index contributed by atoms with van der Waals surface area (Å²) in [4.78, 5) is 9.00. The number of carboxylic acid groups (broad SMARTS) is 1. The Morgan fingerprint density at radius 3 is 1.44 bits per heavy atom. The summed E-state index contributed by atoms with van der Waals surface area (Å²) in [6.45, 7) is 1.08. The maximum atomic E-state index is 9.00. The average Bonchev–Trinajstić information content (AvgIpc) is 1.25. The van der Waals surface area contributed by atoms with Gasteiger partial charge in [0.1, 0.15) is 0 Å². The van der Waals surface area contributed by atoms with Crippen molar-refractivity contribution in [3.63, 3.8) is 0 Å². The molecular weight excluding hydrogens is 190 g/mol. The molecule has 0 aromatic carbocycles. The Morgan fingerprint density at radius 1 is 1.44 bits per heavy atom. The van der Waals surface area contributed by atoms with Gasteiger partial charge in [0.2, 0.25) is 0 Å². The molecule has 0 unspecified atom stereocenters. The first-order chi connectivity index (χ1) is 3.46. The molecular formula is C3H7Cl3O3. The Kier molecular flexibility index (Phi) is 20.0. The van der Waals surface area contributed by atoms with Crippen molar-refractivity contribution in [2.45, 2.75) is 11.2 Å². The van der Waals surface area contributed by atoms with E-state index in [0.29, 0.717) is 0 Å². The van der Waals surface area contributed by atoms with E-state index in [1.807, 2.05) is 0 Å². The maximum absolute atomic E-state index is 9.00. The van der Waals surface area contributed by atoms with Gasteiger partial charge >= 0.3 is 0 Å². The maximum Gasteiger partial charge on any atom is 0.300 e. The van der Waals surface area contributed by atoms with E-state index in [1.54, 1.807) is 0 Å². The first kappa shape index (κ1) is 16.1. The molecule has 3 nitrogen and oxygen atoms in total. The van der Waals surface area contributed by atoms with Crippen LogP contribution in [-0.4, -0.2) is 20.8 Å². The van der Waals surface area contributed by atoms with Crippen molar-refractivity contribution >= 4 is 40.8 Å². The van der Waals surface area contributed by atoms with Gasteiger partial charge in [0.05, 0.1) is 0 Å². The second-order valence-electron chi connectivity index (χ2n) is 0.766. The Hall–Kier alpha value is 0.300. The summed E-state index contributed by atoms with van der Waals surface area (Å²) < 4.78 is -0.750. The second kappa shape index (κ2) is 11.1. The standard InChI is InChI=1S/C2H4O2.CHCl3.H2O/c1-2(3)4;2-1(3)4;/h1H3,(H,3,4);1H;1H2. The zero-order chi connectivity index (χ0) is 7.15. The van der Waals surface area contributed by atoms with Gasteiger partial charge in [0, 0.05) is 6.92 Å². The third kappa shape index (κ3) is 3660. The normalized spacial score (nSPS) is 6.78. The lowest BCUT2D eigenvalue weighted by Gasteiger charge is -1.69. The zero-order valence-electron chi connectivity index (χ0n) is 4.57. The molecule has 0 rings (SSSR count). The Labute approximate surface area is 67.8 Å². The van der Waals surface area contributed by atoms with Crippen LogP contribution in [0.2, 0.25) is 0 Å². The quantitative estimate of drug-likeness (QED) is 0.594. The van der Waals surface area contributed by atoms with Gasteiger partial charge in [-0.3, -0.25) is 4.79 Å². The van der Waals surface area contributed by atoms with Crippen molar-refractivity contribution < 1.29 is 15.4 Å². The van der Waals surface area contributed by atoms with Crippen molar-refractivity contribution in [1.82, 2.24) is 0 Å². The number of carboxylic acids is 1. The number of hydrogen-bond acceptors (Lipinski definition) is 1. The van der Waals surface area contributed by atoms with Crippen molar-refractivity contribution in [1.29, 1.82) is 0 Å². The van der Waals surface area contributed by atoms with Crippen LogP contribution in [0.4, 0.5) is 0 Å². The van der Waals surface area contributed by atoms with Gasteiger partial charge in [0.25, 0.3) is 5.97 Å². The third-order valence-electron chi connectivity index (χ3n) is 0. The molecule has 0 fully saturated rings. The van der Waals surface area contributed by atoms with E-state index in [0.717, 1.165) is 6.92 Å². The van der Waals surface area contributed by atoms with Crippen LogP contribution >= 0.6 is 34.8 Å². The van der Waals surface area contributed by atoms with E-state index in [4.69, 9.17) is 44.7 Å². The van der Waals surface area contributed by atoms with E-state index in [1.165, 1.54) is 0 Å². The van der Waals surface area contributed by atoms with E-state index >= 15 is 0 Å². The molecule has 0 aliphatic heterocycles. The largest absolute Gasteiger partial charge is 0.481 e. The number of hydrogen-bond donors (Lipinski definition) is 1. The van der Waals surface area contributed by atoms with Crippen LogP contribution in [0, 0.1) is 0 Å². The van der Waals surface area contributed by atoms with Crippen LogP contribution in [0.15, 0.2) is 0 Å². The summed E-state index contributed by atoms with van der Waals surface area (Å²) in [5.41, 5.74) is 0. The lowest BCUT2D eigenvalue weighted by atomic mass is 10.9. The van der Waals surface area contributed by atoms with Crippen LogP contribution in [-0.2, 0) is 4.79 Å². The topological polar surface area (TPSA) is 68.8 Å². The predicted molar refractivity (Wildman–Crippen MR) is 38.3 cm³/mol. The number of rotatable bonds is 0. The molecule has 0 heterocycles. The minimum atomic E-state index is -0.833. The van der Waals surface area contributed by atoms with Gasteiger partial charge in [-0.15, -0.1) is 0 Å². The molecule has 0 aromatic heterocycles. The minimum Gasteiger partial charge on any atom is -0.481 e. The summed E-state index contributed by atoms with van der Waals surface area (Å²) in [6.07, 6.45) is 0. The molecule has 6 heteroatoms. The highest BCUT2D eigenvalue weighted by Crippen LogP contribution is 2.03. The first-order valence-corrected chi connectivity index (χ1v) is 2.89. The molecule has 58 valence electrons. The average molecular weight is 197 g/mol. The molecule has 3 N–H and O–H groups in total. The molecule has 0 bridgehead atoms. The van der Waals surface area contributed by atoms with E-state index < -0.39 is 10.3 Å². The van der Waals surface area contributed by atoms with Gasteiger partial charge < -0.3 is 10.6 Å². The van der Waals surface area contributed by atoms with Crippen molar-refractivity contribution in [3.8, 4) is 0 Å². The fraction of sp³-hybridized carbons (Fsp3) is 0.667. The SMILES string of the molecule is CC(=O)O.ClC(Cl)Cl.O. The molecule has 0 spiro atoms. The van der Waals surface area contributed by atoms with E-state index in [2.05, 4.69) is 0 Å². The molecule has 0 saturated carbocycles. The monoisotopic (exact) mass is 196 g/mol. The molecule has 0 radical (unpaired) electrons. The summed E-state index contributed by atoms with van der Waals surface area (Å²) in [6, 6.07) is 0. The van der Waals surface area contributed by atoms with Gasteiger partial charge in [-0.1, -0.05) is 34.8 Å². The van der Waals surface area contributed by atoms with Crippen molar-refractivity contribution in [3.05, 3.63) is 0 Å². The van der Waals surface area contributed by atoms with Crippen molar-refractivity contribution in [2.24, 2.45) is 0 Å². The second-order valence-corrected chi connectivity index (χ2v) is 2.75. The molecule has 0 amide bonds. The lowest BCUT2D eigenvalue weighted by Crippen LogP contribution is -1.78. The fourth-order valence-corrected chi connectivity index (χ4v) is 0. The summed E-state index contributed by atoms with van der Waals surface area (Å²) in [7, 11) is 0. The molecule has 0 saturated heterocycles. The number of carbonyl (C=O) groups is 1. The summed E-state index contributed by atoms with van der Waals surface area (Å²) >= 11 is 14.4. The van der Waals surface area contributed by atoms with Crippen LogP contribution in [0.25, 0.3) is 0 Å². The highest BCUT2D eigenvalue weighted by atomic mass is 35.6. The Bertz CT molecular complexity index is 58.6. The van der Waals surface area contributed by atoms with Crippen LogP contribution in [0.5, 0.6) is 0 Å². The Balaban J connectivity index is -0.0000000720. The van der Waals surface area contributed by atoms with E-state index in [9.17, 15) is 0 Å². The molecule has 0 atom stereocenters. The highest BCUT2D eigenvalue weighted by molar-refractivity contribution is 6.63. The molecule has 9 heavy (non-hydrogen) atoms. The predicted octanol–water partition coefficient (Wildman–Crippen LogP) is 1.25. The van der Waals surface area contributed by atoms with Crippen LogP contribution < -0.4 is 0 Å². The summed E-state index contributed by atoms with van der Waals surface area (Å²) in [5, 5.41) is 7.42. The van der Waals surface area contributed by atoms with Gasteiger partial charge in [0.15, 0.2) is 4.30 Å². The van der Waals surface area contributed by atoms with Crippen molar-refractivity contribution in [2.75, 3.05) is 0 Å². The van der Waals surface area contributed by atoms with E-state index in [-0.39, 0.29) is 5.48 Å². The van der Waals surface area contributed by atoms with Gasteiger partial charge in [-0.2, -0.15) is 0 Å².